The number of fused-ring (bicyclic) bond motifs is 1. The third-order valence-corrected chi connectivity index (χ3v) is 4.68. The van der Waals surface area contributed by atoms with Gasteiger partial charge in [0.05, 0.1) is 22.8 Å². The second-order valence-electron chi connectivity index (χ2n) is 6.42. The Morgan fingerprint density at radius 3 is 2.67 bits per heavy atom. The normalized spacial score (nSPS) is 26.0. The first-order chi connectivity index (χ1) is 10.1. The Kier molecular flexibility index (Phi) is 3.81. The van der Waals surface area contributed by atoms with Gasteiger partial charge in [0, 0.05) is 12.0 Å². The SMILES string of the molecule is Cc1nc2ccccc2nc1NCC1(C)CCCCC1O. The molecule has 1 aromatic heterocycles. The van der Waals surface area contributed by atoms with E-state index in [9.17, 15) is 5.11 Å². The van der Waals surface area contributed by atoms with Gasteiger partial charge in [-0.3, -0.25) is 0 Å². The summed E-state index contributed by atoms with van der Waals surface area (Å²) in [7, 11) is 0. The fourth-order valence-corrected chi connectivity index (χ4v) is 3.13. The molecular formula is C17H23N3O. The monoisotopic (exact) mass is 285 g/mol. The van der Waals surface area contributed by atoms with Gasteiger partial charge < -0.3 is 10.4 Å². The van der Waals surface area contributed by atoms with Crippen LogP contribution in [0.4, 0.5) is 5.82 Å². The Bertz CT molecular complexity index is 643. The summed E-state index contributed by atoms with van der Waals surface area (Å²) in [5, 5.41) is 13.7. The molecule has 4 nitrogen and oxygen atoms in total. The first-order valence-electron chi connectivity index (χ1n) is 7.74. The molecule has 0 radical (unpaired) electrons. The summed E-state index contributed by atoms with van der Waals surface area (Å²) in [6.45, 7) is 4.87. The first-order valence-corrected chi connectivity index (χ1v) is 7.74. The largest absolute Gasteiger partial charge is 0.392 e. The summed E-state index contributed by atoms with van der Waals surface area (Å²) in [4.78, 5) is 9.25. The number of aliphatic hydroxyl groups excluding tert-OH is 1. The quantitative estimate of drug-likeness (QED) is 0.908. The number of hydrogen-bond acceptors (Lipinski definition) is 4. The van der Waals surface area contributed by atoms with Crippen molar-refractivity contribution in [1.29, 1.82) is 0 Å². The van der Waals surface area contributed by atoms with Crippen molar-refractivity contribution in [2.24, 2.45) is 5.41 Å². The van der Waals surface area contributed by atoms with E-state index in [0.717, 1.165) is 48.4 Å². The molecule has 0 saturated heterocycles. The Hall–Kier alpha value is -1.68. The zero-order valence-electron chi connectivity index (χ0n) is 12.8. The molecule has 112 valence electrons. The highest BCUT2D eigenvalue weighted by Gasteiger charge is 2.35. The fraction of sp³-hybridized carbons (Fsp3) is 0.529. The minimum atomic E-state index is -0.229. The number of aryl methyl sites for hydroxylation is 1. The van der Waals surface area contributed by atoms with Gasteiger partial charge in [0.15, 0.2) is 0 Å². The Balaban J connectivity index is 1.80. The van der Waals surface area contributed by atoms with E-state index < -0.39 is 0 Å². The van der Waals surface area contributed by atoms with Gasteiger partial charge in [-0.1, -0.05) is 31.9 Å². The molecule has 1 aliphatic carbocycles. The second-order valence-corrected chi connectivity index (χ2v) is 6.42. The van der Waals surface area contributed by atoms with Gasteiger partial charge in [0.2, 0.25) is 0 Å². The lowest BCUT2D eigenvalue weighted by Crippen LogP contribution is -2.41. The van der Waals surface area contributed by atoms with E-state index >= 15 is 0 Å². The third kappa shape index (κ3) is 2.86. The van der Waals surface area contributed by atoms with E-state index in [1.807, 2.05) is 31.2 Å². The van der Waals surface area contributed by atoms with E-state index in [2.05, 4.69) is 22.2 Å². The van der Waals surface area contributed by atoms with Crippen LogP contribution in [0, 0.1) is 12.3 Å². The van der Waals surface area contributed by atoms with Crippen LogP contribution >= 0.6 is 0 Å². The molecule has 2 unspecified atom stereocenters. The van der Waals surface area contributed by atoms with Crippen LogP contribution in [0.5, 0.6) is 0 Å². The van der Waals surface area contributed by atoms with Crippen molar-refractivity contribution >= 4 is 16.9 Å². The molecule has 2 aromatic rings. The number of para-hydroxylation sites is 2. The highest BCUT2D eigenvalue weighted by molar-refractivity contribution is 5.76. The lowest BCUT2D eigenvalue weighted by molar-refractivity contribution is 0.00957. The van der Waals surface area contributed by atoms with Gasteiger partial charge in [-0.05, 0) is 31.9 Å². The average Bonchev–Trinajstić information content (AvgIpc) is 2.48. The lowest BCUT2D eigenvalue weighted by atomic mass is 9.73. The highest BCUT2D eigenvalue weighted by Crippen LogP contribution is 2.36. The summed E-state index contributed by atoms with van der Waals surface area (Å²) >= 11 is 0. The number of nitrogens with one attached hydrogen (secondary N) is 1. The van der Waals surface area contributed by atoms with E-state index in [4.69, 9.17) is 0 Å². The molecule has 1 heterocycles. The predicted molar refractivity (Wildman–Crippen MR) is 85.3 cm³/mol. The maximum Gasteiger partial charge on any atom is 0.148 e. The van der Waals surface area contributed by atoms with Crippen molar-refractivity contribution in [2.45, 2.75) is 45.6 Å². The minimum absolute atomic E-state index is 0.0714. The van der Waals surface area contributed by atoms with Crippen molar-refractivity contribution in [3.8, 4) is 0 Å². The summed E-state index contributed by atoms with van der Waals surface area (Å²) in [6.07, 6.45) is 4.05. The van der Waals surface area contributed by atoms with E-state index in [1.54, 1.807) is 0 Å². The molecule has 0 spiro atoms. The molecule has 3 rings (SSSR count). The lowest BCUT2D eigenvalue weighted by Gasteiger charge is -2.38. The van der Waals surface area contributed by atoms with Crippen molar-refractivity contribution in [2.75, 3.05) is 11.9 Å². The van der Waals surface area contributed by atoms with Crippen LogP contribution in [0.1, 0.15) is 38.3 Å². The molecule has 2 N–H and O–H groups in total. The molecule has 0 bridgehead atoms. The number of aromatic nitrogens is 2. The standard InChI is InChI=1S/C17H23N3O/c1-12-16(20-14-8-4-3-7-13(14)19-12)18-11-17(2)10-6-5-9-15(17)21/h3-4,7-8,15,21H,5-6,9-11H2,1-2H3,(H,18,20). The zero-order chi connectivity index (χ0) is 14.9. The smallest absolute Gasteiger partial charge is 0.148 e. The van der Waals surface area contributed by atoms with Gasteiger partial charge in [0.25, 0.3) is 0 Å². The van der Waals surface area contributed by atoms with Crippen molar-refractivity contribution < 1.29 is 5.11 Å². The van der Waals surface area contributed by atoms with E-state index in [1.165, 1.54) is 6.42 Å². The van der Waals surface area contributed by atoms with Crippen LogP contribution in [0.25, 0.3) is 11.0 Å². The number of rotatable bonds is 3. The number of aliphatic hydroxyl groups is 1. The Morgan fingerprint density at radius 1 is 1.24 bits per heavy atom. The third-order valence-electron chi connectivity index (χ3n) is 4.68. The summed E-state index contributed by atoms with van der Waals surface area (Å²) in [5.41, 5.74) is 2.66. The second kappa shape index (κ2) is 5.60. The van der Waals surface area contributed by atoms with Crippen molar-refractivity contribution in [1.82, 2.24) is 9.97 Å². The molecule has 1 fully saturated rings. The minimum Gasteiger partial charge on any atom is -0.392 e. The topological polar surface area (TPSA) is 58.0 Å². The fourth-order valence-electron chi connectivity index (χ4n) is 3.13. The number of benzene rings is 1. The van der Waals surface area contributed by atoms with Gasteiger partial charge in [0.1, 0.15) is 5.82 Å². The molecule has 1 aromatic carbocycles. The Labute approximate surface area is 125 Å². The van der Waals surface area contributed by atoms with E-state index in [0.29, 0.717) is 0 Å². The van der Waals surface area contributed by atoms with Gasteiger partial charge >= 0.3 is 0 Å². The van der Waals surface area contributed by atoms with Crippen LogP contribution in [-0.2, 0) is 0 Å². The Morgan fingerprint density at radius 2 is 1.95 bits per heavy atom. The van der Waals surface area contributed by atoms with Crippen molar-refractivity contribution in [3.05, 3.63) is 30.0 Å². The number of nitrogens with zero attached hydrogens (tertiary/aromatic N) is 2. The molecule has 21 heavy (non-hydrogen) atoms. The van der Waals surface area contributed by atoms with Gasteiger partial charge in [-0.15, -0.1) is 0 Å². The van der Waals surface area contributed by atoms with Crippen LogP contribution in [0.3, 0.4) is 0 Å². The maximum atomic E-state index is 10.3. The summed E-state index contributed by atoms with van der Waals surface area (Å²) in [6, 6.07) is 7.90. The first kappa shape index (κ1) is 14.3. The molecular weight excluding hydrogens is 262 g/mol. The van der Waals surface area contributed by atoms with Crippen LogP contribution < -0.4 is 5.32 Å². The highest BCUT2D eigenvalue weighted by atomic mass is 16.3. The molecule has 0 amide bonds. The van der Waals surface area contributed by atoms with Crippen LogP contribution in [-0.4, -0.2) is 27.7 Å². The maximum absolute atomic E-state index is 10.3. The molecule has 2 atom stereocenters. The van der Waals surface area contributed by atoms with Crippen LogP contribution in [0.2, 0.25) is 0 Å². The summed E-state index contributed by atoms with van der Waals surface area (Å²) < 4.78 is 0. The number of anilines is 1. The molecule has 4 heteroatoms. The molecule has 1 aliphatic rings. The van der Waals surface area contributed by atoms with Crippen molar-refractivity contribution in [3.63, 3.8) is 0 Å². The summed E-state index contributed by atoms with van der Waals surface area (Å²) in [5.74, 6) is 0.827. The van der Waals surface area contributed by atoms with Gasteiger partial charge in [-0.25, -0.2) is 9.97 Å². The zero-order valence-corrected chi connectivity index (χ0v) is 12.8. The van der Waals surface area contributed by atoms with Gasteiger partial charge in [-0.2, -0.15) is 0 Å². The van der Waals surface area contributed by atoms with Crippen LogP contribution in [0.15, 0.2) is 24.3 Å². The predicted octanol–water partition coefficient (Wildman–Crippen LogP) is 3.29. The molecule has 1 saturated carbocycles. The average molecular weight is 285 g/mol. The van der Waals surface area contributed by atoms with E-state index in [-0.39, 0.29) is 11.5 Å². The molecule has 0 aliphatic heterocycles. The number of hydrogen-bond donors (Lipinski definition) is 2.